The van der Waals surface area contributed by atoms with Crippen LogP contribution in [0.25, 0.3) is 0 Å². The van der Waals surface area contributed by atoms with E-state index in [1.54, 1.807) is 6.07 Å². The maximum atomic E-state index is 11.4. The zero-order valence-corrected chi connectivity index (χ0v) is 8.90. The first-order valence-electron chi connectivity index (χ1n) is 3.47. The normalized spacial score (nSPS) is 11.5. The lowest BCUT2D eigenvalue weighted by Gasteiger charge is -2.01. The molecule has 0 saturated carbocycles. The van der Waals surface area contributed by atoms with Crippen LogP contribution in [0, 0.1) is 0 Å². The maximum absolute atomic E-state index is 11.4. The minimum absolute atomic E-state index is 0.0369. The molecule has 0 unspecified atom stereocenters. The fourth-order valence-electron chi connectivity index (χ4n) is 0.798. The second kappa shape index (κ2) is 4.26. The molecule has 0 atom stereocenters. The van der Waals surface area contributed by atoms with Crippen molar-refractivity contribution in [3.05, 3.63) is 23.4 Å². The van der Waals surface area contributed by atoms with Crippen molar-refractivity contribution in [2.45, 2.75) is 5.03 Å². The Morgan fingerprint density at radius 2 is 2.15 bits per heavy atom. The van der Waals surface area contributed by atoms with E-state index in [0.29, 0.717) is 0 Å². The van der Waals surface area contributed by atoms with E-state index in [4.69, 9.17) is 23.2 Å². The lowest BCUT2D eigenvalue weighted by molar-refractivity contribution is 0.594. The van der Waals surface area contributed by atoms with Gasteiger partial charge in [0.15, 0.2) is 14.9 Å². The molecule has 13 heavy (non-hydrogen) atoms. The molecule has 0 saturated heterocycles. The monoisotopic (exact) mass is 239 g/mol. The van der Waals surface area contributed by atoms with Crippen LogP contribution in [-0.2, 0) is 9.84 Å². The third kappa shape index (κ3) is 2.56. The molecule has 0 amide bonds. The van der Waals surface area contributed by atoms with Gasteiger partial charge in [-0.25, -0.2) is 13.4 Å². The molecule has 0 fully saturated rings. The molecule has 0 spiro atoms. The van der Waals surface area contributed by atoms with Crippen LogP contribution in [0.15, 0.2) is 23.4 Å². The van der Waals surface area contributed by atoms with E-state index in [0.717, 1.165) is 0 Å². The highest BCUT2D eigenvalue weighted by atomic mass is 35.5. The van der Waals surface area contributed by atoms with Gasteiger partial charge in [-0.15, -0.1) is 11.6 Å². The van der Waals surface area contributed by atoms with E-state index < -0.39 is 9.84 Å². The maximum Gasteiger partial charge on any atom is 0.198 e. The molecule has 1 aromatic rings. The Bertz CT molecular complexity index is 391. The first-order chi connectivity index (χ1) is 6.08. The van der Waals surface area contributed by atoms with Crippen LogP contribution in [0.1, 0.15) is 0 Å². The van der Waals surface area contributed by atoms with Crippen molar-refractivity contribution in [3.8, 4) is 0 Å². The summed E-state index contributed by atoms with van der Waals surface area (Å²) in [7, 11) is -3.42. The van der Waals surface area contributed by atoms with Crippen LogP contribution in [-0.4, -0.2) is 25.0 Å². The number of pyridine rings is 1. The topological polar surface area (TPSA) is 47.0 Å². The Morgan fingerprint density at radius 1 is 1.46 bits per heavy atom. The molecule has 6 heteroatoms. The highest BCUT2D eigenvalue weighted by molar-refractivity contribution is 7.91. The average molecular weight is 240 g/mol. The summed E-state index contributed by atoms with van der Waals surface area (Å²) in [6.45, 7) is 0. The molecule has 1 aromatic heterocycles. The van der Waals surface area contributed by atoms with Crippen molar-refractivity contribution in [1.82, 2.24) is 4.98 Å². The molecule has 0 aromatic carbocycles. The second-order valence-corrected chi connectivity index (χ2v) is 5.11. The van der Waals surface area contributed by atoms with E-state index in [9.17, 15) is 8.42 Å². The number of halogens is 2. The molecular weight excluding hydrogens is 233 g/mol. The molecule has 1 rings (SSSR count). The summed E-state index contributed by atoms with van der Waals surface area (Å²) in [4.78, 5) is 3.69. The summed E-state index contributed by atoms with van der Waals surface area (Å²) in [6, 6.07) is 3.05. The number of rotatable bonds is 3. The van der Waals surface area contributed by atoms with Gasteiger partial charge in [0, 0.05) is 12.1 Å². The first kappa shape index (κ1) is 10.8. The fourth-order valence-corrected chi connectivity index (χ4v) is 2.86. The second-order valence-electron chi connectivity index (χ2n) is 2.30. The number of nitrogens with zero attached hydrogens (tertiary/aromatic N) is 1. The Morgan fingerprint density at radius 3 is 2.69 bits per heavy atom. The Kier molecular flexibility index (Phi) is 3.53. The molecule has 3 nitrogen and oxygen atoms in total. The number of hydrogen-bond donors (Lipinski definition) is 0. The van der Waals surface area contributed by atoms with Gasteiger partial charge in [-0.05, 0) is 12.1 Å². The molecule has 0 radical (unpaired) electrons. The number of aromatic nitrogens is 1. The molecular formula is C7H7Cl2NO2S. The summed E-state index contributed by atoms with van der Waals surface area (Å²) in [5.74, 6) is -0.111. The van der Waals surface area contributed by atoms with Crippen LogP contribution in [0.5, 0.6) is 0 Å². The third-order valence-corrected chi connectivity index (χ3v) is 3.85. The average Bonchev–Trinajstić information content (AvgIpc) is 2.04. The summed E-state index contributed by atoms with van der Waals surface area (Å²) < 4.78 is 22.8. The zero-order valence-electron chi connectivity index (χ0n) is 6.57. The highest BCUT2D eigenvalue weighted by Crippen LogP contribution is 2.18. The van der Waals surface area contributed by atoms with E-state index >= 15 is 0 Å². The van der Waals surface area contributed by atoms with Crippen LogP contribution >= 0.6 is 23.2 Å². The lowest BCUT2D eigenvalue weighted by Crippen LogP contribution is -2.10. The highest BCUT2D eigenvalue weighted by Gasteiger charge is 2.18. The van der Waals surface area contributed by atoms with Crippen molar-refractivity contribution < 1.29 is 8.42 Å². The quantitative estimate of drug-likeness (QED) is 0.756. The van der Waals surface area contributed by atoms with Gasteiger partial charge in [0.25, 0.3) is 0 Å². The van der Waals surface area contributed by atoms with Gasteiger partial charge in [-0.2, -0.15) is 0 Å². The smallest absolute Gasteiger partial charge is 0.198 e. The van der Waals surface area contributed by atoms with Gasteiger partial charge in [0.05, 0.1) is 10.8 Å². The molecule has 72 valence electrons. The van der Waals surface area contributed by atoms with Gasteiger partial charge >= 0.3 is 0 Å². The predicted molar refractivity (Wildman–Crippen MR) is 52.0 cm³/mol. The third-order valence-electron chi connectivity index (χ3n) is 1.37. The van der Waals surface area contributed by atoms with Crippen LogP contribution in [0.4, 0.5) is 0 Å². The van der Waals surface area contributed by atoms with Crippen molar-refractivity contribution in [2.75, 3.05) is 11.6 Å². The van der Waals surface area contributed by atoms with Crippen molar-refractivity contribution in [1.29, 1.82) is 0 Å². The van der Waals surface area contributed by atoms with E-state index in [1.807, 2.05) is 0 Å². The van der Waals surface area contributed by atoms with Crippen molar-refractivity contribution in [2.24, 2.45) is 0 Å². The summed E-state index contributed by atoms with van der Waals surface area (Å²) in [5.41, 5.74) is 0. The van der Waals surface area contributed by atoms with Gasteiger partial charge < -0.3 is 0 Å². The molecule has 1 heterocycles. The molecule has 0 aliphatic carbocycles. The Hall–Kier alpha value is -0.320. The SMILES string of the molecule is O=S(=O)(CCCl)c1ncccc1Cl. The van der Waals surface area contributed by atoms with Crippen molar-refractivity contribution in [3.63, 3.8) is 0 Å². The molecule has 0 aliphatic heterocycles. The molecule has 0 aliphatic rings. The largest absolute Gasteiger partial charge is 0.243 e. The zero-order chi connectivity index (χ0) is 9.90. The van der Waals surface area contributed by atoms with Crippen LogP contribution in [0.3, 0.4) is 0 Å². The van der Waals surface area contributed by atoms with Crippen LogP contribution < -0.4 is 0 Å². The number of sulfone groups is 1. The Labute approximate surface area is 86.6 Å². The lowest BCUT2D eigenvalue weighted by atomic mass is 10.5. The Balaban J connectivity index is 3.15. The summed E-state index contributed by atoms with van der Waals surface area (Å²) >= 11 is 11.0. The molecule has 0 N–H and O–H groups in total. The van der Waals surface area contributed by atoms with E-state index in [-0.39, 0.29) is 21.7 Å². The van der Waals surface area contributed by atoms with E-state index in [2.05, 4.69) is 4.98 Å². The minimum Gasteiger partial charge on any atom is -0.243 e. The van der Waals surface area contributed by atoms with Crippen LogP contribution in [0.2, 0.25) is 5.02 Å². The minimum atomic E-state index is -3.42. The van der Waals surface area contributed by atoms with Crippen molar-refractivity contribution >= 4 is 33.0 Å². The standard InChI is InChI=1S/C7H7Cl2NO2S/c8-3-5-13(11,12)7-6(9)2-1-4-10-7/h1-2,4H,3,5H2. The first-order valence-corrected chi connectivity index (χ1v) is 6.03. The predicted octanol–water partition coefficient (Wildman–Crippen LogP) is 1.75. The fraction of sp³-hybridized carbons (Fsp3) is 0.286. The van der Waals surface area contributed by atoms with Gasteiger partial charge in [0.1, 0.15) is 0 Å². The van der Waals surface area contributed by atoms with Gasteiger partial charge in [-0.1, -0.05) is 11.6 Å². The number of hydrogen-bond acceptors (Lipinski definition) is 3. The van der Waals surface area contributed by atoms with Gasteiger partial charge in [-0.3, -0.25) is 0 Å². The summed E-state index contributed by atoms with van der Waals surface area (Å²) in [6.07, 6.45) is 1.38. The van der Waals surface area contributed by atoms with Gasteiger partial charge in [0.2, 0.25) is 0 Å². The summed E-state index contributed by atoms with van der Waals surface area (Å²) in [5, 5.41) is 0.0323. The molecule has 0 bridgehead atoms. The number of alkyl halides is 1. The van der Waals surface area contributed by atoms with E-state index in [1.165, 1.54) is 12.3 Å².